The summed E-state index contributed by atoms with van der Waals surface area (Å²) >= 11 is 0. The van der Waals surface area contributed by atoms with Crippen LogP contribution in [0.1, 0.15) is 6.42 Å². The molecule has 1 saturated heterocycles. The standard InChI is InChI=1S/C11H14N4O3/c12-8-5-6-14(7-8)11(16)13-9-1-3-10(4-2-9)15(17)18/h1-4,8H,5-7,12H2,(H,13,16). The Balaban J connectivity index is 1.97. The van der Waals surface area contributed by atoms with Crippen LogP contribution in [0.5, 0.6) is 0 Å². The molecule has 0 aliphatic carbocycles. The number of urea groups is 1. The largest absolute Gasteiger partial charge is 0.326 e. The molecule has 1 fully saturated rings. The number of non-ortho nitro benzene ring substituents is 1. The summed E-state index contributed by atoms with van der Waals surface area (Å²) in [6.45, 7) is 1.18. The molecular weight excluding hydrogens is 236 g/mol. The van der Waals surface area contributed by atoms with Crippen molar-refractivity contribution < 1.29 is 9.72 Å². The minimum absolute atomic E-state index is 0.00352. The van der Waals surface area contributed by atoms with Gasteiger partial charge in [-0.15, -0.1) is 0 Å². The lowest BCUT2D eigenvalue weighted by Crippen LogP contribution is -2.35. The minimum Gasteiger partial charge on any atom is -0.326 e. The zero-order valence-electron chi connectivity index (χ0n) is 9.70. The Kier molecular flexibility index (Phi) is 3.42. The first-order valence-electron chi connectivity index (χ1n) is 5.62. The molecule has 1 aliphatic rings. The van der Waals surface area contributed by atoms with Crippen molar-refractivity contribution >= 4 is 17.4 Å². The topological polar surface area (TPSA) is 102 Å². The first kappa shape index (κ1) is 12.3. The van der Waals surface area contributed by atoms with Crippen molar-refractivity contribution in [1.29, 1.82) is 0 Å². The Morgan fingerprint density at radius 1 is 1.44 bits per heavy atom. The van der Waals surface area contributed by atoms with Gasteiger partial charge in [0.2, 0.25) is 0 Å². The highest BCUT2D eigenvalue weighted by atomic mass is 16.6. The van der Waals surface area contributed by atoms with Crippen LogP contribution in [0.15, 0.2) is 24.3 Å². The molecule has 18 heavy (non-hydrogen) atoms. The van der Waals surface area contributed by atoms with Gasteiger partial charge in [0.25, 0.3) is 5.69 Å². The van der Waals surface area contributed by atoms with Crippen molar-refractivity contribution in [1.82, 2.24) is 4.90 Å². The van der Waals surface area contributed by atoms with E-state index in [4.69, 9.17) is 5.73 Å². The van der Waals surface area contributed by atoms with E-state index in [0.29, 0.717) is 18.8 Å². The van der Waals surface area contributed by atoms with Gasteiger partial charge in [-0.05, 0) is 18.6 Å². The molecule has 1 aliphatic heterocycles. The Morgan fingerprint density at radius 2 is 2.11 bits per heavy atom. The van der Waals surface area contributed by atoms with Crippen LogP contribution in [0, 0.1) is 10.1 Å². The molecule has 2 amide bonds. The molecule has 0 saturated carbocycles. The predicted octanol–water partition coefficient (Wildman–Crippen LogP) is 1.16. The van der Waals surface area contributed by atoms with Gasteiger partial charge in [0, 0.05) is 37.0 Å². The lowest BCUT2D eigenvalue weighted by atomic mass is 10.3. The van der Waals surface area contributed by atoms with Gasteiger partial charge in [-0.1, -0.05) is 0 Å². The smallest absolute Gasteiger partial charge is 0.321 e. The SMILES string of the molecule is NC1CCN(C(=O)Nc2ccc([N+](=O)[O-])cc2)C1. The zero-order chi connectivity index (χ0) is 13.1. The van der Waals surface area contributed by atoms with Gasteiger partial charge in [0.1, 0.15) is 0 Å². The zero-order valence-corrected chi connectivity index (χ0v) is 9.70. The van der Waals surface area contributed by atoms with Gasteiger partial charge in [0.05, 0.1) is 4.92 Å². The summed E-state index contributed by atoms with van der Waals surface area (Å²) < 4.78 is 0. The van der Waals surface area contributed by atoms with Crippen LogP contribution in [0.3, 0.4) is 0 Å². The number of rotatable bonds is 2. The van der Waals surface area contributed by atoms with Crippen LogP contribution in [-0.2, 0) is 0 Å². The maximum absolute atomic E-state index is 11.8. The fourth-order valence-electron chi connectivity index (χ4n) is 1.84. The number of carbonyl (C=O) groups excluding carboxylic acids is 1. The molecule has 96 valence electrons. The molecule has 0 spiro atoms. The van der Waals surface area contributed by atoms with Crippen molar-refractivity contribution in [3.63, 3.8) is 0 Å². The summed E-state index contributed by atoms with van der Waals surface area (Å²) in [7, 11) is 0. The number of hydrogen-bond donors (Lipinski definition) is 2. The number of nitrogens with one attached hydrogen (secondary N) is 1. The number of benzene rings is 1. The van der Waals surface area contributed by atoms with E-state index in [9.17, 15) is 14.9 Å². The van der Waals surface area contributed by atoms with Crippen molar-refractivity contribution in [3.05, 3.63) is 34.4 Å². The molecule has 7 heteroatoms. The molecule has 0 aromatic heterocycles. The third kappa shape index (κ3) is 2.75. The van der Waals surface area contributed by atoms with Crippen LogP contribution in [-0.4, -0.2) is 35.0 Å². The molecule has 0 radical (unpaired) electrons. The third-order valence-corrected chi connectivity index (χ3v) is 2.84. The number of anilines is 1. The number of nitro groups is 1. The number of carbonyl (C=O) groups is 1. The predicted molar refractivity (Wildman–Crippen MR) is 66.3 cm³/mol. The van der Waals surface area contributed by atoms with Crippen molar-refractivity contribution in [2.75, 3.05) is 18.4 Å². The van der Waals surface area contributed by atoms with E-state index >= 15 is 0 Å². The molecule has 1 unspecified atom stereocenters. The lowest BCUT2D eigenvalue weighted by Gasteiger charge is -2.16. The fourth-order valence-corrected chi connectivity index (χ4v) is 1.84. The second-order valence-electron chi connectivity index (χ2n) is 4.23. The van der Waals surface area contributed by atoms with E-state index in [1.165, 1.54) is 24.3 Å². The Labute approximate surface area is 104 Å². The minimum atomic E-state index is -0.481. The molecule has 1 atom stereocenters. The molecule has 7 nitrogen and oxygen atoms in total. The van der Waals surface area contributed by atoms with Crippen LogP contribution in [0.2, 0.25) is 0 Å². The summed E-state index contributed by atoms with van der Waals surface area (Å²) in [5.41, 5.74) is 6.24. The van der Waals surface area contributed by atoms with E-state index in [1.807, 2.05) is 0 Å². The Hall–Kier alpha value is -2.15. The van der Waals surface area contributed by atoms with Crippen molar-refractivity contribution in [2.24, 2.45) is 5.73 Å². The van der Waals surface area contributed by atoms with Gasteiger partial charge >= 0.3 is 6.03 Å². The quantitative estimate of drug-likeness (QED) is 0.607. The molecular formula is C11H14N4O3. The normalized spacial score (nSPS) is 18.7. The van der Waals surface area contributed by atoms with E-state index in [2.05, 4.69) is 5.32 Å². The molecule has 2 rings (SSSR count). The maximum Gasteiger partial charge on any atom is 0.321 e. The van der Waals surface area contributed by atoms with Crippen molar-refractivity contribution in [3.8, 4) is 0 Å². The maximum atomic E-state index is 11.8. The van der Waals surface area contributed by atoms with Crippen molar-refractivity contribution in [2.45, 2.75) is 12.5 Å². The number of amides is 2. The molecule has 3 N–H and O–H groups in total. The van der Waals surface area contributed by atoms with Crippen LogP contribution in [0.4, 0.5) is 16.2 Å². The lowest BCUT2D eigenvalue weighted by molar-refractivity contribution is -0.384. The number of nitro benzene ring substituents is 1. The monoisotopic (exact) mass is 250 g/mol. The molecule has 1 aromatic carbocycles. The van der Waals surface area contributed by atoms with Gasteiger partial charge < -0.3 is 16.0 Å². The second kappa shape index (κ2) is 5.01. The first-order valence-corrected chi connectivity index (χ1v) is 5.62. The van der Waals surface area contributed by atoms with E-state index in [0.717, 1.165) is 6.42 Å². The Bertz CT molecular complexity index is 460. The summed E-state index contributed by atoms with van der Waals surface area (Å²) in [5, 5.41) is 13.2. The average molecular weight is 250 g/mol. The molecule has 0 bridgehead atoms. The van der Waals surface area contributed by atoms with Crippen LogP contribution < -0.4 is 11.1 Å². The van der Waals surface area contributed by atoms with Crippen LogP contribution >= 0.6 is 0 Å². The van der Waals surface area contributed by atoms with Gasteiger partial charge in [-0.2, -0.15) is 0 Å². The number of likely N-dealkylation sites (tertiary alicyclic amines) is 1. The highest BCUT2D eigenvalue weighted by molar-refractivity contribution is 5.89. The van der Waals surface area contributed by atoms with E-state index < -0.39 is 4.92 Å². The molecule has 1 aromatic rings. The third-order valence-electron chi connectivity index (χ3n) is 2.84. The summed E-state index contributed by atoms with van der Waals surface area (Å²) in [4.78, 5) is 23.4. The highest BCUT2D eigenvalue weighted by Crippen LogP contribution is 2.16. The van der Waals surface area contributed by atoms with E-state index in [-0.39, 0.29) is 17.8 Å². The second-order valence-corrected chi connectivity index (χ2v) is 4.23. The fraction of sp³-hybridized carbons (Fsp3) is 0.364. The van der Waals surface area contributed by atoms with Gasteiger partial charge in [-0.3, -0.25) is 10.1 Å². The number of nitrogens with two attached hydrogens (primary N) is 1. The molecule has 1 heterocycles. The number of hydrogen-bond acceptors (Lipinski definition) is 4. The Morgan fingerprint density at radius 3 is 2.61 bits per heavy atom. The number of nitrogens with zero attached hydrogens (tertiary/aromatic N) is 2. The van der Waals surface area contributed by atoms with E-state index in [1.54, 1.807) is 4.90 Å². The first-order chi connectivity index (χ1) is 8.56. The van der Waals surface area contributed by atoms with Gasteiger partial charge in [0.15, 0.2) is 0 Å². The summed E-state index contributed by atoms with van der Waals surface area (Å²) in [6, 6.07) is 5.53. The average Bonchev–Trinajstić information content (AvgIpc) is 2.76. The van der Waals surface area contributed by atoms with Gasteiger partial charge in [-0.25, -0.2) is 4.79 Å². The summed E-state index contributed by atoms with van der Waals surface area (Å²) in [5.74, 6) is 0. The highest BCUT2D eigenvalue weighted by Gasteiger charge is 2.23. The summed E-state index contributed by atoms with van der Waals surface area (Å²) in [6.07, 6.45) is 0.799. The van der Waals surface area contributed by atoms with Crippen LogP contribution in [0.25, 0.3) is 0 Å².